The van der Waals surface area contributed by atoms with Gasteiger partial charge in [-0.1, -0.05) is 32.6 Å². The first-order valence-electron chi connectivity index (χ1n) is 5.68. The van der Waals surface area contributed by atoms with Crippen LogP contribution in [0.15, 0.2) is 39.1 Å². The molecule has 9 heteroatoms. The van der Waals surface area contributed by atoms with Crippen molar-refractivity contribution in [3.63, 3.8) is 0 Å². The van der Waals surface area contributed by atoms with E-state index in [1.54, 1.807) is 12.1 Å². The topological polar surface area (TPSA) is 97.8 Å². The van der Waals surface area contributed by atoms with Gasteiger partial charge in [-0.25, -0.2) is 4.39 Å². The molecule has 0 fully saturated rings. The number of hydrogen-bond donors (Lipinski definition) is 0. The molecule has 0 aliphatic heterocycles. The van der Waals surface area contributed by atoms with Crippen LogP contribution in [0.25, 0.3) is 10.4 Å². The van der Waals surface area contributed by atoms with Crippen LogP contribution in [0.2, 0.25) is 5.02 Å². The molecule has 0 radical (unpaired) electrons. The van der Waals surface area contributed by atoms with Crippen molar-refractivity contribution in [2.45, 2.75) is 0 Å². The van der Waals surface area contributed by atoms with Crippen LogP contribution in [-0.2, 0) is 0 Å². The van der Waals surface area contributed by atoms with Crippen molar-refractivity contribution in [2.24, 2.45) is 10.1 Å². The summed E-state index contributed by atoms with van der Waals surface area (Å²) in [5, 5.41) is 12.6. The van der Waals surface area contributed by atoms with Gasteiger partial charge in [0.05, 0.1) is 28.2 Å². The first-order chi connectivity index (χ1) is 10.6. The molecule has 0 spiro atoms. The normalized spacial score (nSPS) is 10.3. The minimum Gasteiger partial charge on any atom is -0.261 e. The molecule has 1 heterocycles. The minimum atomic E-state index is -0.774. The Kier molecular flexibility index (Phi) is 5.07. The Balaban J connectivity index is 2.53. The highest BCUT2D eigenvalue weighted by atomic mass is 79.9. The van der Waals surface area contributed by atoms with Gasteiger partial charge < -0.3 is 0 Å². The lowest BCUT2D eigenvalue weighted by Crippen LogP contribution is -1.89. The van der Waals surface area contributed by atoms with Crippen LogP contribution < -0.4 is 0 Å². The van der Waals surface area contributed by atoms with Crippen molar-refractivity contribution in [3.8, 4) is 6.07 Å². The Labute approximate surface area is 137 Å². The zero-order valence-electron chi connectivity index (χ0n) is 10.7. The fraction of sp³-hybridized carbons (Fsp3) is 0. The van der Waals surface area contributed by atoms with E-state index in [4.69, 9.17) is 22.4 Å². The maximum atomic E-state index is 13.6. The van der Waals surface area contributed by atoms with Gasteiger partial charge in [-0.3, -0.25) is 9.98 Å². The first-order valence-corrected chi connectivity index (χ1v) is 6.85. The van der Waals surface area contributed by atoms with Crippen molar-refractivity contribution >= 4 is 45.1 Å². The largest absolute Gasteiger partial charge is 0.261 e. The lowest BCUT2D eigenvalue weighted by atomic mass is 10.2. The predicted molar refractivity (Wildman–Crippen MR) is 84.1 cm³/mol. The zero-order valence-corrected chi connectivity index (χ0v) is 13.0. The average molecular weight is 380 g/mol. The molecule has 1 aromatic heterocycles. The Hall–Kier alpha value is -2.46. The smallest absolute Gasteiger partial charge is 0.151 e. The van der Waals surface area contributed by atoms with Gasteiger partial charge in [0, 0.05) is 27.4 Å². The van der Waals surface area contributed by atoms with Crippen LogP contribution in [0.4, 0.5) is 15.8 Å². The molecule has 6 nitrogen and oxygen atoms in total. The number of halogens is 3. The van der Waals surface area contributed by atoms with Gasteiger partial charge >= 0.3 is 0 Å². The molecule has 0 N–H and O–H groups in total. The highest BCUT2D eigenvalue weighted by Crippen LogP contribution is 2.32. The lowest BCUT2D eigenvalue weighted by Gasteiger charge is -2.03. The molecule has 22 heavy (non-hydrogen) atoms. The summed E-state index contributed by atoms with van der Waals surface area (Å²) in [5.74, 6) is -0.774. The summed E-state index contributed by atoms with van der Waals surface area (Å²) in [6, 6.07) is 5.09. The molecule has 0 atom stereocenters. The van der Waals surface area contributed by atoms with Gasteiger partial charge in [0.15, 0.2) is 5.82 Å². The van der Waals surface area contributed by atoms with Crippen LogP contribution in [0.5, 0.6) is 0 Å². The summed E-state index contributed by atoms with van der Waals surface area (Å²) in [4.78, 5) is 10.3. The summed E-state index contributed by atoms with van der Waals surface area (Å²) < 4.78 is 14.2. The minimum absolute atomic E-state index is 0.167. The van der Waals surface area contributed by atoms with E-state index in [0.717, 1.165) is 6.20 Å². The molecule has 2 rings (SSSR count). The summed E-state index contributed by atoms with van der Waals surface area (Å²) in [6.07, 6.45) is 3.44. The molecule has 1 aromatic carbocycles. The number of pyridine rings is 1. The van der Waals surface area contributed by atoms with Gasteiger partial charge in [0.1, 0.15) is 6.07 Å². The van der Waals surface area contributed by atoms with Crippen LogP contribution in [0, 0.1) is 17.1 Å². The monoisotopic (exact) mass is 378 g/mol. The maximum absolute atomic E-state index is 13.6. The highest BCUT2D eigenvalue weighted by Gasteiger charge is 2.09. The molecule has 0 aliphatic carbocycles. The van der Waals surface area contributed by atoms with Crippen LogP contribution in [-0.4, -0.2) is 11.2 Å². The van der Waals surface area contributed by atoms with E-state index in [2.05, 4.69) is 35.9 Å². The molecule has 0 aliphatic rings. The number of azide groups is 1. The number of benzene rings is 1. The second kappa shape index (κ2) is 7.00. The second-order valence-corrected chi connectivity index (χ2v) is 5.23. The average Bonchev–Trinajstić information content (AvgIpc) is 2.48. The van der Waals surface area contributed by atoms with Gasteiger partial charge in [0.25, 0.3) is 0 Å². The van der Waals surface area contributed by atoms with Crippen molar-refractivity contribution in [3.05, 3.63) is 61.4 Å². The molecule has 0 amide bonds. The predicted octanol–water partition coefficient (Wildman–Crippen LogP) is 5.20. The van der Waals surface area contributed by atoms with E-state index < -0.39 is 5.82 Å². The Morgan fingerprint density at radius 3 is 2.86 bits per heavy atom. The summed E-state index contributed by atoms with van der Waals surface area (Å²) in [7, 11) is 0. The van der Waals surface area contributed by atoms with Crippen molar-refractivity contribution in [2.75, 3.05) is 0 Å². The summed E-state index contributed by atoms with van der Waals surface area (Å²) >= 11 is 9.27. The number of rotatable bonds is 3. The van der Waals surface area contributed by atoms with Gasteiger partial charge in [0.2, 0.25) is 0 Å². The molecule has 0 bridgehead atoms. The Morgan fingerprint density at radius 1 is 1.41 bits per heavy atom. The maximum Gasteiger partial charge on any atom is 0.151 e. The number of hydrogen-bond acceptors (Lipinski definition) is 4. The first kappa shape index (κ1) is 15.9. The molecule has 2 aromatic rings. The van der Waals surface area contributed by atoms with Gasteiger partial charge in [-0.15, -0.1) is 0 Å². The zero-order chi connectivity index (χ0) is 16.1. The summed E-state index contributed by atoms with van der Waals surface area (Å²) in [6.45, 7) is 0. The fourth-order valence-electron chi connectivity index (χ4n) is 1.60. The third-order valence-corrected chi connectivity index (χ3v) is 3.27. The number of aromatic nitrogens is 1. The highest BCUT2D eigenvalue weighted by molar-refractivity contribution is 9.10. The van der Waals surface area contributed by atoms with Crippen LogP contribution in [0.1, 0.15) is 11.1 Å². The molecular weight excluding hydrogens is 375 g/mol. The van der Waals surface area contributed by atoms with E-state index in [1.807, 2.05) is 6.07 Å². The van der Waals surface area contributed by atoms with Crippen molar-refractivity contribution in [1.29, 1.82) is 5.26 Å². The van der Waals surface area contributed by atoms with E-state index in [9.17, 15) is 4.39 Å². The van der Waals surface area contributed by atoms with E-state index >= 15 is 0 Å². The quantitative estimate of drug-likeness (QED) is 0.317. The third kappa shape index (κ3) is 3.40. The van der Waals surface area contributed by atoms with E-state index in [-0.39, 0.29) is 27.5 Å². The number of nitriles is 1. The molecule has 0 unspecified atom stereocenters. The fourth-order valence-corrected chi connectivity index (χ4v) is 2.46. The molecular formula is C13H5BrClFN6. The molecule has 0 saturated carbocycles. The SMILES string of the molecule is N#Cc1cc(Br)cc(Cl)c1N=Cc1cncc(F)c1N=[N+]=[N-]. The summed E-state index contributed by atoms with van der Waals surface area (Å²) in [5.41, 5.74) is 8.87. The lowest BCUT2D eigenvalue weighted by molar-refractivity contribution is 0.623. The second-order valence-electron chi connectivity index (χ2n) is 3.90. The van der Waals surface area contributed by atoms with Crippen molar-refractivity contribution < 1.29 is 4.39 Å². The van der Waals surface area contributed by atoms with E-state index in [1.165, 1.54) is 12.4 Å². The van der Waals surface area contributed by atoms with Gasteiger partial charge in [-0.05, 0) is 17.7 Å². The molecule has 0 saturated heterocycles. The standard InChI is InChI=1S/C13H5BrClFN6/c14-9-1-7(3-17)12(10(15)2-9)20-5-8-4-19-6-11(16)13(8)21-22-18/h1-2,4-6H. The Bertz CT molecular complexity index is 854. The Morgan fingerprint density at radius 2 is 2.18 bits per heavy atom. The van der Waals surface area contributed by atoms with Gasteiger partial charge in [-0.2, -0.15) is 5.26 Å². The third-order valence-electron chi connectivity index (χ3n) is 2.53. The van der Waals surface area contributed by atoms with Crippen LogP contribution in [0.3, 0.4) is 0 Å². The number of aliphatic imine (C=N–C) groups is 1. The van der Waals surface area contributed by atoms with E-state index in [0.29, 0.717) is 4.47 Å². The van der Waals surface area contributed by atoms with Crippen LogP contribution >= 0.6 is 27.5 Å². The van der Waals surface area contributed by atoms with Crippen molar-refractivity contribution in [1.82, 2.24) is 4.98 Å². The molecule has 108 valence electrons. The number of nitrogens with zero attached hydrogens (tertiary/aromatic N) is 6.